The Hall–Kier alpha value is -1.66. The topological polar surface area (TPSA) is 57.7 Å². The van der Waals surface area contributed by atoms with Crippen LogP contribution < -0.4 is 5.32 Å². The number of pyridine rings is 1. The Balaban J connectivity index is 1.16. The quantitative estimate of drug-likeness (QED) is 0.906. The monoisotopic (exact) mass is 344 g/mol. The van der Waals surface area contributed by atoms with Crippen LogP contribution in [0.4, 0.5) is 4.79 Å². The highest BCUT2D eigenvalue weighted by molar-refractivity contribution is 5.74. The molecule has 4 heterocycles. The number of ether oxygens (including phenoxy) is 1. The fourth-order valence-electron chi connectivity index (χ4n) is 4.22. The molecule has 0 aliphatic carbocycles. The molecule has 1 aromatic rings. The highest BCUT2D eigenvalue weighted by atomic mass is 16.5. The summed E-state index contributed by atoms with van der Waals surface area (Å²) in [5.74, 6) is 0.449. The number of amides is 2. The molecule has 1 unspecified atom stereocenters. The van der Waals surface area contributed by atoms with Crippen molar-refractivity contribution < 1.29 is 9.53 Å². The summed E-state index contributed by atoms with van der Waals surface area (Å²) < 4.78 is 6.22. The lowest BCUT2D eigenvalue weighted by atomic mass is 9.82. The number of carbonyl (C=O) groups is 1. The first-order chi connectivity index (χ1) is 12.2. The maximum Gasteiger partial charge on any atom is 0.317 e. The number of hydrogen-bond donors (Lipinski definition) is 1. The molecule has 1 spiro atoms. The van der Waals surface area contributed by atoms with Crippen molar-refractivity contribution in [3.05, 3.63) is 30.1 Å². The first kappa shape index (κ1) is 16.8. The van der Waals surface area contributed by atoms with Gasteiger partial charge in [-0.25, -0.2) is 4.79 Å². The van der Waals surface area contributed by atoms with Gasteiger partial charge in [-0.1, -0.05) is 6.07 Å². The molecule has 0 radical (unpaired) electrons. The minimum Gasteiger partial charge on any atom is -0.372 e. The van der Waals surface area contributed by atoms with E-state index in [1.54, 1.807) is 0 Å². The smallest absolute Gasteiger partial charge is 0.317 e. The summed E-state index contributed by atoms with van der Waals surface area (Å²) in [5.41, 5.74) is 1.31. The van der Waals surface area contributed by atoms with Crippen molar-refractivity contribution >= 4 is 6.03 Å². The van der Waals surface area contributed by atoms with Gasteiger partial charge in [-0.15, -0.1) is 0 Å². The van der Waals surface area contributed by atoms with Crippen LogP contribution in [0, 0.1) is 5.92 Å². The van der Waals surface area contributed by atoms with Crippen LogP contribution in [0.2, 0.25) is 0 Å². The van der Waals surface area contributed by atoms with Crippen molar-refractivity contribution in [2.45, 2.75) is 37.8 Å². The van der Waals surface area contributed by atoms with Gasteiger partial charge >= 0.3 is 6.03 Å². The zero-order valence-corrected chi connectivity index (χ0v) is 14.8. The standard InChI is InChI=1S/C19H28N4O2/c24-18(23-8-1-2-9-23)21-11-17-5-6-19(25-13-17)14-22(15-19)12-16-4-3-7-20-10-16/h3-4,7,10,17H,1-2,5-6,8-9,11-15H2,(H,21,24). The van der Waals surface area contributed by atoms with Crippen molar-refractivity contribution in [2.24, 2.45) is 5.92 Å². The van der Waals surface area contributed by atoms with E-state index < -0.39 is 0 Å². The first-order valence-corrected chi connectivity index (χ1v) is 9.50. The Morgan fingerprint density at radius 3 is 2.88 bits per heavy atom. The van der Waals surface area contributed by atoms with Crippen LogP contribution in [0.3, 0.4) is 0 Å². The SMILES string of the molecule is O=C(NCC1CCC2(CN(Cc3cccnc3)C2)OC1)N1CCCC1. The average Bonchev–Trinajstić information content (AvgIpc) is 3.15. The molecular formula is C19H28N4O2. The normalized spacial score (nSPS) is 25.8. The number of rotatable bonds is 4. The summed E-state index contributed by atoms with van der Waals surface area (Å²) in [4.78, 5) is 20.6. The molecular weight excluding hydrogens is 316 g/mol. The van der Waals surface area contributed by atoms with Crippen molar-refractivity contribution in [1.82, 2.24) is 20.1 Å². The van der Waals surface area contributed by atoms with Gasteiger partial charge in [0.15, 0.2) is 0 Å². The second-order valence-electron chi connectivity index (χ2n) is 7.79. The molecule has 136 valence electrons. The minimum absolute atomic E-state index is 0.0532. The van der Waals surface area contributed by atoms with E-state index in [1.807, 2.05) is 23.4 Å². The number of hydrogen-bond acceptors (Lipinski definition) is 4. The third kappa shape index (κ3) is 3.96. The largest absolute Gasteiger partial charge is 0.372 e. The van der Waals surface area contributed by atoms with Crippen LogP contribution in [0.15, 0.2) is 24.5 Å². The first-order valence-electron chi connectivity index (χ1n) is 9.50. The molecule has 4 rings (SSSR count). The van der Waals surface area contributed by atoms with Crippen molar-refractivity contribution in [3.8, 4) is 0 Å². The van der Waals surface area contributed by atoms with Gasteiger partial charge < -0.3 is 15.0 Å². The van der Waals surface area contributed by atoms with Crippen LogP contribution in [0.5, 0.6) is 0 Å². The molecule has 1 atom stereocenters. The van der Waals surface area contributed by atoms with E-state index in [-0.39, 0.29) is 11.6 Å². The van der Waals surface area contributed by atoms with Crippen LogP contribution in [0.25, 0.3) is 0 Å². The highest BCUT2D eigenvalue weighted by Crippen LogP contribution is 2.36. The van der Waals surface area contributed by atoms with Crippen LogP contribution in [0.1, 0.15) is 31.2 Å². The van der Waals surface area contributed by atoms with Gasteiger partial charge in [0.1, 0.15) is 0 Å². The molecule has 25 heavy (non-hydrogen) atoms. The zero-order chi connectivity index (χ0) is 17.1. The van der Waals surface area contributed by atoms with Crippen LogP contribution >= 0.6 is 0 Å². The summed E-state index contributed by atoms with van der Waals surface area (Å²) in [7, 11) is 0. The lowest BCUT2D eigenvalue weighted by Gasteiger charge is -2.53. The fraction of sp³-hybridized carbons (Fsp3) is 0.684. The van der Waals surface area contributed by atoms with Crippen molar-refractivity contribution in [1.29, 1.82) is 0 Å². The number of carbonyl (C=O) groups excluding carboxylic acids is 1. The second kappa shape index (κ2) is 7.30. The van der Waals surface area contributed by atoms with Crippen molar-refractivity contribution in [3.63, 3.8) is 0 Å². The molecule has 0 bridgehead atoms. The van der Waals surface area contributed by atoms with Crippen LogP contribution in [-0.4, -0.2) is 65.7 Å². The van der Waals surface area contributed by atoms with Gasteiger partial charge in [0.2, 0.25) is 0 Å². The Kier molecular flexibility index (Phi) is 4.90. The van der Waals surface area contributed by atoms with Gasteiger partial charge in [0.25, 0.3) is 0 Å². The van der Waals surface area contributed by atoms with E-state index in [9.17, 15) is 4.79 Å². The Bertz CT molecular complexity index is 572. The van der Waals surface area contributed by atoms with E-state index in [2.05, 4.69) is 21.3 Å². The molecule has 1 N–H and O–H groups in total. The number of likely N-dealkylation sites (tertiary alicyclic amines) is 2. The van der Waals surface area contributed by atoms with E-state index in [1.165, 1.54) is 5.56 Å². The Morgan fingerprint density at radius 1 is 1.36 bits per heavy atom. The molecule has 0 saturated carbocycles. The summed E-state index contributed by atoms with van der Waals surface area (Å²) in [5, 5.41) is 3.09. The minimum atomic E-state index is 0.0532. The number of nitrogens with one attached hydrogen (secondary N) is 1. The molecule has 3 aliphatic heterocycles. The predicted octanol–water partition coefficient (Wildman–Crippen LogP) is 1.87. The zero-order valence-electron chi connectivity index (χ0n) is 14.8. The third-order valence-electron chi connectivity index (χ3n) is 5.72. The van der Waals surface area contributed by atoms with Gasteiger partial charge in [-0.05, 0) is 43.2 Å². The van der Waals surface area contributed by atoms with Crippen LogP contribution in [-0.2, 0) is 11.3 Å². The van der Waals surface area contributed by atoms with E-state index in [0.29, 0.717) is 5.92 Å². The summed E-state index contributed by atoms with van der Waals surface area (Å²) in [6, 6.07) is 4.21. The average molecular weight is 344 g/mol. The summed E-state index contributed by atoms with van der Waals surface area (Å²) in [6.45, 7) is 6.29. The Labute approximate surface area is 149 Å². The van der Waals surface area contributed by atoms with Gasteiger partial charge in [0, 0.05) is 51.7 Å². The lowest BCUT2D eigenvalue weighted by molar-refractivity contribution is -0.181. The van der Waals surface area contributed by atoms with E-state index >= 15 is 0 Å². The maximum atomic E-state index is 12.1. The maximum absolute atomic E-state index is 12.1. The molecule has 3 fully saturated rings. The Morgan fingerprint density at radius 2 is 2.20 bits per heavy atom. The number of urea groups is 1. The molecule has 1 aromatic heterocycles. The summed E-state index contributed by atoms with van der Waals surface area (Å²) in [6.07, 6.45) is 8.26. The fourth-order valence-corrected chi connectivity index (χ4v) is 4.22. The van der Waals surface area contributed by atoms with Gasteiger partial charge in [-0.2, -0.15) is 0 Å². The molecule has 2 amide bonds. The summed E-state index contributed by atoms with van der Waals surface area (Å²) >= 11 is 0. The number of nitrogens with zero attached hydrogens (tertiary/aromatic N) is 3. The molecule has 3 aliphatic rings. The molecule has 6 nitrogen and oxygen atoms in total. The lowest BCUT2D eigenvalue weighted by Crippen LogP contribution is -2.64. The third-order valence-corrected chi connectivity index (χ3v) is 5.72. The highest BCUT2D eigenvalue weighted by Gasteiger charge is 2.46. The van der Waals surface area contributed by atoms with Crippen molar-refractivity contribution in [2.75, 3.05) is 39.3 Å². The molecule has 6 heteroatoms. The second-order valence-corrected chi connectivity index (χ2v) is 7.79. The predicted molar refractivity (Wildman–Crippen MR) is 95.1 cm³/mol. The van der Waals surface area contributed by atoms with Gasteiger partial charge in [-0.3, -0.25) is 9.88 Å². The van der Waals surface area contributed by atoms with E-state index in [4.69, 9.17) is 4.74 Å². The molecule has 3 saturated heterocycles. The van der Waals surface area contributed by atoms with E-state index in [0.717, 1.165) is 71.6 Å². The molecule has 0 aromatic carbocycles. The van der Waals surface area contributed by atoms with Gasteiger partial charge in [0.05, 0.1) is 12.2 Å². The number of aromatic nitrogens is 1.